The number of benzene rings is 2. The summed E-state index contributed by atoms with van der Waals surface area (Å²) >= 11 is 0. The predicted molar refractivity (Wildman–Crippen MR) is 102 cm³/mol. The highest BCUT2D eigenvalue weighted by Gasteiger charge is 2.39. The molecule has 7 nitrogen and oxygen atoms in total. The standard InChI is InChI=1S/C21H17FN4O3/c1-23-16-7-2-4-12(19(16)22)10-24-15-6-3-5-13-14(15)11-26(21(13)29)17-8-9-18(27)25-20(17)28/h2-7,17,24H,8-11H2,(H,25,27,28)/i17D. The topological polar surface area (TPSA) is 82.9 Å². The molecule has 146 valence electrons. The zero-order valence-electron chi connectivity index (χ0n) is 16.3. The number of rotatable bonds is 4. The Bertz CT molecular complexity index is 1130. The molecule has 2 aromatic carbocycles. The summed E-state index contributed by atoms with van der Waals surface area (Å²) in [6.07, 6.45) is -0.0913. The highest BCUT2D eigenvalue weighted by Crippen LogP contribution is 2.32. The molecule has 0 saturated carbocycles. The number of hydrogen-bond acceptors (Lipinski definition) is 4. The van der Waals surface area contributed by atoms with Gasteiger partial charge in [0.2, 0.25) is 17.5 Å². The van der Waals surface area contributed by atoms with Crippen molar-refractivity contribution in [3.63, 3.8) is 0 Å². The zero-order valence-corrected chi connectivity index (χ0v) is 15.3. The number of carbonyl (C=O) groups is 3. The molecule has 2 aliphatic heterocycles. The minimum absolute atomic E-state index is 0.0167. The van der Waals surface area contributed by atoms with Crippen LogP contribution in [0.15, 0.2) is 36.4 Å². The maximum Gasteiger partial charge on any atom is 0.255 e. The lowest BCUT2D eigenvalue weighted by Gasteiger charge is -2.29. The first-order valence-corrected chi connectivity index (χ1v) is 9.02. The number of piperidine rings is 1. The Labute approximate surface area is 167 Å². The highest BCUT2D eigenvalue weighted by molar-refractivity contribution is 6.06. The summed E-state index contributed by atoms with van der Waals surface area (Å²) in [6, 6.07) is 7.70. The first-order chi connectivity index (χ1) is 14.3. The monoisotopic (exact) mass is 393 g/mol. The van der Waals surface area contributed by atoms with Crippen LogP contribution >= 0.6 is 0 Å². The summed E-state index contributed by atoms with van der Waals surface area (Å²) in [7, 11) is 0. The lowest BCUT2D eigenvalue weighted by Crippen LogP contribution is -2.52. The fraction of sp³-hybridized carbons (Fsp3) is 0.238. The Morgan fingerprint density at radius 3 is 2.83 bits per heavy atom. The van der Waals surface area contributed by atoms with Crippen molar-refractivity contribution < 1.29 is 20.1 Å². The quantitative estimate of drug-likeness (QED) is 0.618. The van der Waals surface area contributed by atoms with Crippen LogP contribution in [0, 0.1) is 12.4 Å². The van der Waals surface area contributed by atoms with Crippen LogP contribution in [0.5, 0.6) is 0 Å². The van der Waals surface area contributed by atoms with Gasteiger partial charge >= 0.3 is 0 Å². The van der Waals surface area contributed by atoms with E-state index in [1.165, 1.54) is 6.07 Å². The maximum absolute atomic E-state index is 14.3. The molecule has 0 aliphatic carbocycles. The van der Waals surface area contributed by atoms with Crippen LogP contribution < -0.4 is 10.6 Å². The summed E-state index contributed by atoms with van der Waals surface area (Å²) in [4.78, 5) is 41.0. The molecule has 0 bridgehead atoms. The molecule has 0 aromatic heterocycles. The van der Waals surface area contributed by atoms with Crippen LogP contribution in [-0.4, -0.2) is 28.6 Å². The van der Waals surface area contributed by atoms with Gasteiger partial charge in [0.05, 0.1) is 7.94 Å². The third-order valence-electron chi connectivity index (χ3n) is 5.05. The molecule has 3 amide bonds. The van der Waals surface area contributed by atoms with E-state index in [0.29, 0.717) is 22.4 Å². The molecule has 1 atom stereocenters. The van der Waals surface area contributed by atoms with Crippen LogP contribution in [0.1, 0.15) is 35.7 Å². The van der Waals surface area contributed by atoms with Crippen LogP contribution in [0.3, 0.4) is 0 Å². The third kappa shape index (κ3) is 3.31. The van der Waals surface area contributed by atoms with Crippen molar-refractivity contribution in [1.29, 1.82) is 0 Å². The fourth-order valence-electron chi connectivity index (χ4n) is 3.56. The van der Waals surface area contributed by atoms with E-state index >= 15 is 0 Å². The lowest BCUT2D eigenvalue weighted by molar-refractivity contribution is -0.136. The van der Waals surface area contributed by atoms with Gasteiger partial charge in [-0.2, -0.15) is 0 Å². The molecule has 2 N–H and O–H groups in total. The fourth-order valence-corrected chi connectivity index (χ4v) is 3.56. The maximum atomic E-state index is 14.3. The molecule has 2 aromatic rings. The number of nitrogens with one attached hydrogen (secondary N) is 2. The van der Waals surface area contributed by atoms with E-state index in [9.17, 15) is 18.8 Å². The largest absolute Gasteiger partial charge is 0.381 e. The molecular weight excluding hydrogens is 375 g/mol. The number of fused-ring (bicyclic) bond motifs is 1. The molecule has 2 heterocycles. The van der Waals surface area contributed by atoms with E-state index in [1.54, 1.807) is 30.3 Å². The third-order valence-corrected chi connectivity index (χ3v) is 5.05. The molecule has 0 spiro atoms. The molecular formula is C21H17FN4O3. The van der Waals surface area contributed by atoms with Gasteiger partial charge in [0, 0.05) is 36.3 Å². The van der Waals surface area contributed by atoms with Crippen LogP contribution in [0.4, 0.5) is 15.8 Å². The zero-order chi connectivity index (χ0) is 21.5. The summed E-state index contributed by atoms with van der Waals surface area (Å²) in [5, 5.41) is 5.22. The molecule has 8 heteroatoms. The number of amides is 3. The second kappa shape index (κ2) is 7.36. The summed E-state index contributed by atoms with van der Waals surface area (Å²) in [5.41, 5.74) is 1.77. The van der Waals surface area contributed by atoms with E-state index in [4.69, 9.17) is 7.94 Å². The average molecular weight is 393 g/mol. The van der Waals surface area contributed by atoms with E-state index in [-0.39, 0.29) is 31.6 Å². The van der Waals surface area contributed by atoms with Crippen molar-refractivity contribution in [2.24, 2.45) is 0 Å². The summed E-state index contributed by atoms with van der Waals surface area (Å²) < 4.78 is 22.9. The first-order valence-electron chi connectivity index (χ1n) is 9.52. The van der Waals surface area contributed by atoms with Gasteiger partial charge < -0.3 is 10.2 Å². The summed E-state index contributed by atoms with van der Waals surface area (Å²) in [5.74, 6) is -2.33. The average Bonchev–Trinajstić information content (AvgIpc) is 3.08. The van der Waals surface area contributed by atoms with Crippen molar-refractivity contribution in [1.82, 2.24) is 10.2 Å². The Kier molecular flexibility index (Phi) is 4.41. The molecule has 29 heavy (non-hydrogen) atoms. The van der Waals surface area contributed by atoms with Gasteiger partial charge in [-0.1, -0.05) is 24.3 Å². The van der Waals surface area contributed by atoms with E-state index in [1.807, 2.05) is 0 Å². The Morgan fingerprint density at radius 1 is 1.28 bits per heavy atom. The molecule has 2 aliphatic rings. The van der Waals surface area contributed by atoms with Crippen LogP contribution in [0.2, 0.25) is 0 Å². The van der Waals surface area contributed by atoms with Crippen LogP contribution in [0.25, 0.3) is 4.85 Å². The van der Waals surface area contributed by atoms with Gasteiger partial charge in [-0.05, 0) is 24.1 Å². The minimum atomic E-state index is -1.86. The molecule has 4 rings (SSSR count). The predicted octanol–water partition coefficient (Wildman–Crippen LogP) is 2.75. The molecule has 0 radical (unpaired) electrons. The van der Waals surface area contributed by atoms with Crippen molar-refractivity contribution in [2.45, 2.75) is 31.9 Å². The second-order valence-corrected chi connectivity index (χ2v) is 6.76. The smallest absolute Gasteiger partial charge is 0.255 e. The van der Waals surface area contributed by atoms with Crippen LogP contribution in [-0.2, 0) is 22.7 Å². The summed E-state index contributed by atoms with van der Waals surface area (Å²) in [6.45, 7) is 7.14. The number of hydrogen-bond donors (Lipinski definition) is 2. The van der Waals surface area contributed by atoms with Gasteiger partial charge in [0.25, 0.3) is 5.91 Å². The van der Waals surface area contributed by atoms with Gasteiger partial charge in [0.1, 0.15) is 11.8 Å². The van der Waals surface area contributed by atoms with Crippen molar-refractivity contribution in [3.05, 3.63) is 70.3 Å². The van der Waals surface area contributed by atoms with Gasteiger partial charge in [-0.3, -0.25) is 19.7 Å². The Hall–Kier alpha value is -3.73. The minimum Gasteiger partial charge on any atom is -0.381 e. The van der Waals surface area contributed by atoms with E-state index in [0.717, 1.165) is 4.90 Å². The van der Waals surface area contributed by atoms with E-state index in [2.05, 4.69) is 15.5 Å². The number of anilines is 1. The number of halogens is 1. The molecule has 1 unspecified atom stereocenters. The second-order valence-electron chi connectivity index (χ2n) is 6.76. The number of imide groups is 1. The van der Waals surface area contributed by atoms with Crippen molar-refractivity contribution in [3.8, 4) is 0 Å². The number of nitrogens with zero attached hydrogens (tertiary/aromatic N) is 2. The number of carbonyl (C=O) groups excluding carboxylic acids is 3. The van der Waals surface area contributed by atoms with Crippen molar-refractivity contribution in [2.75, 3.05) is 5.32 Å². The van der Waals surface area contributed by atoms with Gasteiger partial charge in [0.15, 0.2) is 0 Å². The SMILES string of the molecule is [2H]C1(N2Cc3c(NCc4cccc([N+]#[C-])c4F)cccc3C2=O)CCC(=O)NC1=O. The molecule has 1 fully saturated rings. The van der Waals surface area contributed by atoms with Gasteiger partial charge in [-0.15, -0.1) is 0 Å². The van der Waals surface area contributed by atoms with Gasteiger partial charge in [-0.25, -0.2) is 9.24 Å². The first kappa shape index (κ1) is 17.4. The highest BCUT2D eigenvalue weighted by atomic mass is 19.1. The van der Waals surface area contributed by atoms with Crippen molar-refractivity contribution >= 4 is 29.1 Å². The van der Waals surface area contributed by atoms with E-state index < -0.39 is 29.6 Å². The Balaban J connectivity index is 1.59. The Morgan fingerprint density at radius 2 is 2.07 bits per heavy atom. The normalized spacial score (nSPS) is 21.3. The lowest BCUT2D eigenvalue weighted by atomic mass is 10.0. The molecule has 1 saturated heterocycles.